The monoisotopic (exact) mass is 405 g/mol. The van der Waals surface area contributed by atoms with Gasteiger partial charge in [-0.2, -0.15) is 13.2 Å². The zero-order chi connectivity index (χ0) is 20.9. The number of halogens is 3. The fraction of sp³-hybridized carbons (Fsp3) is 0.0417. The van der Waals surface area contributed by atoms with Gasteiger partial charge in [-0.15, -0.1) is 0 Å². The van der Waals surface area contributed by atoms with E-state index in [0.29, 0.717) is 5.56 Å². The largest absolute Gasteiger partial charge is 0.508 e. The molecule has 3 aromatic carbocycles. The number of aromatic hydroxyl groups is 1. The third-order valence-corrected chi connectivity index (χ3v) is 5.29. The van der Waals surface area contributed by atoms with Gasteiger partial charge >= 0.3 is 6.18 Å². The lowest BCUT2D eigenvalue weighted by atomic mass is 9.89. The quantitative estimate of drug-likeness (QED) is 0.447. The minimum atomic E-state index is -4.39. The molecule has 1 aromatic heterocycles. The number of nitrogens with one attached hydrogen (secondary N) is 2. The van der Waals surface area contributed by atoms with E-state index in [9.17, 15) is 18.3 Å². The lowest BCUT2D eigenvalue weighted by Gasteiger charge is -2.12. The molecule has 0 spiro atoms. The van der Waals surface area contributed by atoms with Gasteiger partial charge in [0.25, 0.3) is 0 Å². The molecule has 0 amide bonds. The third kappa shape index (κ3) is 2.97. The zero-order valence-electron chi connectivity index (χ0n) is 15.6. The molecule has 0 atom stereocenters. The molecule has 0 unspecified atom stereocenters. The summed E-state index contributed by atoms with van der Waals surface area (Å²) >= 11 is 0. The summed E-state index contributed by atoms with van der Waals surface area (Å²) in [6.45, 7) is 0. The molecule has 0 fully saturated rings. The van der Waals surface area contributed by atoms with Crippen LogP contribution in [0.2, 0.25) is 0 Å². The van der Waals surface area contributed by atoms with Crippen molar-refractivity contribution >= 4 is 34.0 Å². The Balaban J connectivity index is 1.78. The first-order valence-electron chi connectivity index (χ1n) is 9.33. The molecule has 0 saturated carbocycles. The molecule has 6 heteroatoms. The van der Waals surface area contributed by atoms with Gasteiger partial charge < -0.3 is 10.1 Å². The Bertz CT molecular complexity index is 1330. The molecule has 0 bridgehead atoms. The van der Waals surface area contributed by atoms with Gasteiger partial charge in [-0.3, -0.25) is 0 Å². The highest BCUT2D eigenvalue weighted by atomic mass is 19.4. The molecule has 0 saturated heterocycles. The van der Waals surface area contributed by atoms with Crippen LogP contribution in [0.25, 0.3) is 22.0 Å². The van der Waals surface area contributed by atoms with E-state index in [2.05, 4.69) is 9.98 Å². The number of hydrogen-bond donors (Lipinski definition) is 3. The highest BCUT2D eigenvalue weighted by molar-refractivity contribution is 6.24. The van der Waals surface area contributed by atoms with Crippen LogP contribution in [0.4, 0.5) is 18.9 Å². The van der Waals surface area contributed by atoms with Crippen LogP contribution in [0.5, 0.6) is 5.75 Å². The van der Waals surface area contributed by atoms with E-state index >= 15 is 0 Å². The molecule has 1 aliphatic rings. The average molecular weight is 405 g/mol. The summed E-state index contributed by atoms with van der Waals surface area (Å²) in [4.78, 5) is 6.40. The number of fused-ring (bicyclic) bond motifs is 2. The van der Waals surface area contributed by atoms with Crippen molar-refractivity contribution in [2.45, 2.75) is 6.18 Å². The smallest absolute Gasteiger partial charge is 0.416 e. The van der Waals surface area contributed by atoms with E-state index in [-0.39, 0.29) is 5.75 Å². The highest BCUT2D eigenvalue weighted by Crippen LogP contribution is 2.39. The van der Waals surface area contributed by atoms with Crippen molar-refractivity contribution in [2.24, 2.45) is 0 Å². The predicted octanol–water partition coefficient (Wildman–Crippen LogP) is 4.65. The topological polar surface area (TPSA) is 50.0 Å². The standard InChI is InChI=1S/C24H15F3N2O/c25-24(26,27)15-7-5-14(6-8-15)23(19-12-28-21-4-2-1-3-17(19)21)20-13-29-22-11-16(30)9-10-18(20)22/h1-13,29-30H/p+1. The number of rotatable bonds is 2. The SMILES string of the molecule is Oc1ccc2c(C(=C3C=[NH+]c4ccccc43)c3ccc(C(F)(F)F)cc3)c[nH]c2c1. The Kier molecular flexibility index (Phi) is 4.03. The normalized spacial score (nSPS) is 14.9. The summed E-state index contributed by atoms with van der Waals surface area (Å²) in [6.07, 6.45) is -0.701. The summed E-state index contributed by atoms with van der Waals surface area (Å²) in [5.74, 6) is 0.138. The molecule has 3 N–H and O–H groups in total. The first kappa shape index (κ1) is 18.2. The van der Waals surface area contributed by atoms with Crippen molar-refractivity contribution in [3.05, 3.63) is 95.2 Å². The van der Waals surface area contributed by atoms with Gasteiger partial charge in [-0.05, 0) is 35.9 Å². The molecule has 3 nitrogen and oxygen atoms in total. The second kappa shape index (κ2) is 6.62. The van der Waals surface area contributed by atoms with Crippen molar-refractivity contribution in [1.29, 1.82) is 0 Å². The minimum absolute atomic E-state index is 0.138. The summed E-state index contributed by atoms with van der Waals surface area (Å²) in [7, 11) is 0. The Morgan fingerprint density at radius 3 is 2.47 bits per heavy atom. The second-order valence-corrected chi connectivity index (χ2v) is 7.13. The van der Waals surface area contributed by atoms with Crippen LogP contribution < -0.4 is 4.99 Å². The van der Waals surface area contributed by atoms with Crippen LogP contribution in [0.3, 0.4) is 0 Å². The van der Waals surface area contributed by atoms with Gasteiger partial charge in [0.2, 0.25) is 5.69 Å². The van der Waals surface area contributed by atoms with E-state index in [1.165, 1.54) is 12.1 Å². The molecule has 148 valence electrons. The maximum Gasteiger partial charge on any atom is 0.416 e. The second-order valence-electron chi connectivity index (χ2n) is 7.13. The summed E-state index contributed by atoms with van der Waals surface area (Å²) in [5.41, 5.74) is 5.17. The molecule has 0 aliphatic carbocycles. The zero-order valence-corrected chi connectivity index (χ0v) is 15.6. The number of aromatic amines is 1. The number of benzene rings is 3. The summed E-state index contributed by atoms with van der Waals surface area (Å²) < 4.78 is 39.2. The molecular weight excluding hydrogens is 389 g/mol. The predicted molar refractivity (Wildman–Crippen MR) is 110 cm³/mol. The fourth-order valence-corrected chi connectivity index (χ4v) is 3.88. The van der Waals surface area contributed by atoms with Crippen molar-refractivity contribution < 1.29 is 23.3 Å². The van der Waals surface area contributed by atoms with E-state index in [0.717, 1.165) is 51.0 Å². The van der Waals surface area contributed by atoms with Crippen LogP contribution >= 0.6 is 0 Å². The van der Waals surface area contributed by atoms with Gasteiger partial charge in [-0.1, -0.05) is 24.3 Å². The molecule has 5 rings (SSSR count). The molecule has 1 aliphatic heterocycles. The summed E-state index contributed by atoms with van der Waals surface area (Å²) in [6, 6.07) is 18.0. The maximum absolute atomic E-state index is 13.1. The Morgan fingerprint density at radius 2 is 1.70 bits per heavy atom. The van der Waals surface area contributed by atoms with Gasteiger partial charge in [-0.25, -0.2) is 4.99 Å². The molecular formula is C24H16F3N2O+. The van der Waals surface area contributed by atoms with Gasteiger partial charge in [0, 0.05) is 40.4 Å². The van der Waals surface area contributed by atoms with Crippen LogP contribution in [0.1, 0.15) is 22.3 Å². The van der Waals surface area contributed by atoms with Crippen LogP contribution in [0, 0.1) is 0 Å². The maximum atomic E-state index is 13.1. The third-order valence-electron chi connectivity index (χ3n) is 5.29. The lowest BCUT2D eigenvalue weighted by Crippen LogP contribution is -2.58. The number of phenols is 1. The molecule has 0 radical (unpaired) electrons. The van der Waals surface area contributed by atoms with E-state index in [1.54, 1.807) is 18.2 Å². The van der Waals surface area contributed by atoms with Gasteiger partial charge in [0.1, 0.15) is 5.75 Å². The number of alkyl halides is 3. The first-order valence-corrected chi connectivity index (χ1v) is 9.33. The van der Waals surface area contributed by atoms with Crippen LogP contribution in [-0.4, -0.2) is 16.3 Å². The van der Waals surface area contributed by atoms with E-state index in [1.807, 2.05) is 36.7 Å². The number of allylic oxidation sites excluding steroid dienone is 1. The lowest BCUT2D eigenvalue weighted by molar-refractivity contribution is -0.342. The van der Waals surface area contributed by atoms with E-state index in [4.69, 9.17) is 0 Å². The number of H-pyrrole nitrogens is 1. The number of hydrogen-bond acceptors (Lipinski definition) is 1. The molecule has 4 aromatic rings. The number of para-hydroxylation sites is 1. The van der Waals surface area contributed by atoms with Gasteiger partial charge in [0.05, 0.1) is 16.7 Å². The number of aromatic nitrogens is 1. The first-order chi connectivity index (χ1) is 14.4. The summed E-state index contributed by atoms with van der Waals surface area (Å²) in [5, 5.41) is 10.7. The minimum Gasteiger partial charge on any atom is -0.508 e. The number of phenolic OH excluding ortho intramolecular Hbond substituents is 1. The Hall–Kier alpha value is -3.80. The molecule has 30 heavy (non-hydrogen) atoms. The Labute approximate surface area is 169 Å². The van der Waals surface area contributed by atoms with Crippen molar-refractivity contribution in [1.82, 2.24) is 4.98 Å². The van der Waals surface area contributed by atoms with Crippen LogP contribution in [-0.2, 0) is 6.18 Å². The van der Waals surface area contributed by atoms with Crippen LogP contribution in [0.15, 0.2) is 72.9 Å². The van der Waals surface area contributed by atoms with Crippen molar-refractivity contribution in [2.75, 3.05) is 0 Å². The Morgan fingerprint density at radius 1 is 0.933 bits per heavy atom. The van der Waals surface area contributed by atoms with Crippen molar-refractivity contribution in [3.8, 4) is 5.75 Å². The highest BCUT2D eigenvalue weighted by Gasteiger charge is 2.31. The average Bonchev–Trinajstić information content (AvgIpc) is 3.33. The fourth-order valence-electron chi connectivity index (χ4n) is 3.88. The van der Waals surface area contributed by atoms with E-state index < -0.39 is 11.7 Å². The van der Waals surface area contributed by atoms with Crippen molar-refractivity contribution in [3.63, 3.8) is 0 Å². The molecule has 2 heterocycles. The van der Waals surface area contributed by atoms with Gasteiger partial charge in [0.15, 0.2) is 6.21 Å².